The van der Waals surface area contributed by atoms with Gasteiger partial charge in [-0.1, -0.05) is 44.9 Å². The topological polar surface area (TPSA) is 151 Å². The lowest BCUT2D eigenvalue weighted by atomic mass is 9.98. The molecule has 37 heavy (non-hydrogen) atoms. The number of carbonyl (C=O) groups excluding carboxylic acids is 4. The molecular formula is C27H44N4O6. The summed E-state index contributed by atoms with van der Waals surface area (Å²) in [7, 11) is 0. The van der Waals surface area contributed by atoms with Gasteiger partial charge in [0.25, 0.3) is 0 Å². The van der Waals surface area contributed by atoms with Crippen LogP contribution in [0.15, 0.2) is 18.2 Å². The lowest BCUT2D eigenvalue weighted by Gasteiger charge is -2.34. The Kier molecular flexibility index (Phi) is 12.9. The molecule has 1 aromatic rings. The Hall–Kier alpha value is -3.30. The number of unbranched alkanes of at least 4 members (excludes halogenated alkanes) is 2. The second kappa shape index (κ2) is 15.1. The van der Waals surface area contributed by atoms with Crippen LogP contribution in [0, 0.1) is 6.92 Å². The van der Waals surface area contributed by atoms with Crippen molar-refractivity contribution in [1.29, 1.82) is 0 Å². The number of para-hydroxylation sites is 1. The number of aryl methyl sites for hydroxylation is 1. The molecule has 10 nitrogen and oxygen atoms in total. The van der Waals surface area contributed by atoms with Crippen LogP contribution < -0.4 is 16.4 Å². The molecule has 0 fully saturated rings. The normalized spacial score (nSPS) is 12.8. The Morgan fingerprint density at radius 1 is 1.11 bits per heavy atom. The van der Waals surface area contributed by atoms with Crippen LogP contribution in [0.2, 0.25) is 0 Å². The molecule has 2 unspecified atom stereocenters. The van der Waals surface area contributed by atoms with Gasteiger partial charge in [0.05, 0.1) is 0 Å². The highest BCUT2D eigenvalue weighted by Crippen LogP contribution is 2.32. The van der Waals surface area contributed by atoms with Gasteiger partial charge < -0.3 is 31.1 Å². The molecule has 0 radical (unpaired) electrons. The molecule has 0 saturated carbocycles. The Balaban J connectivity index is 3.45. The van der Waals surface area contributed by atoms with Gasteiger partial charge in [0.15, 0.2) is 0 Å². The Morgan fingerprint density at radius 2 is 1.78 bits per heavy atom. The van der Waals surface area contributed by atoms with Crippen LogP contribution >= 0.6 is 0 Å². The molecule has 0 heterocycles. The van der Waals surface area contributed by atoms with E-state index in [2.05, 4.69) is 17.6 Å². The number of phenols is 1. The summed E-state index contributed by atoms with van der Waals surface area (Å²) < 4.78 is 5.31. The van der Waals surface area contributed by atoms with Gasteiger partial charge in [-0.25, -0.2) is 4.79 Å². The fourth-order valence-electron chi connectivity index (χ4n) is 3.84. The highest BCUT2D eigenvalue weighted by atomic mass is 16.6. The molecule has 0 aliphatic heterocycles. The number of rotatable bonds is 14. The van der Waals surface area contributed by atoms with E-state index >= 15 is 0 Å². The van der Waals surface area contributed by atoms with Gasteiger partial charge >= 0.3 is 6.09 Å². The third kappa shape index (κ3) is 10.7. The van der Waals surface area contributed by atoms with Crippen molar-refractivity contribution in [3.63, 3.8) is 0 Å². The summed E-state index contributed by atoms with van der Waals surface area (Å²) in [4.78, 5) is 52.8. The summed E-state index contributed by atoms with van der Waals surface area (Å²) in [5.74, 6) is -1.74. The second-order valence-electron chi connectivity index (χ2n) is 10.1. The lowest BCUT2D eigenvalue weighted by Crippen LogP contribution is -2.53. The van der Waals surface area contributed by atoms with Gasteiger partial charge in [-0.2, -0.15) is 0 Å². The van der Waals surface area contributed by atoms with Crippen molar-refractivity contribution in [3.05, 3.63) is 29.3 Å². The van der Waals surface area contributed by atoms with Crippen LogP contribution in [-0.4, -0.2) is 58.6 Å². The minimum absolute atomic E-state index is 0.0712. The number of hydrogen-bond donors (Lipinski definition) is 4. The largest absolute Gasteiger partial charge is 0.507 e. The molecule has 0 saturated heterocycles. The molecule has 4 amide bonds. The third-order valence-corrected chi connectivity index (χ3v) is 5.62. The highest BCUT2D eigenvalue weighted by Gasteiger charge is 2.37. The van der Waals surface area contributed by atoms with Gasteiger partial charge in [0.2, 0.25) is 17.7 Å². The summed E-state index contributed by atoms with van der Waals surface area (Å²) in [6.07, 6.45) is 2.15. The van der Waals surface area contributed by atoms with Crippen molar-refractivity contribution in [2.24, 2.45) is 5.73 Å². The molecule has 5 N–H and O–H groups in total. The summed E-state index contributed by atoms with van der Waals surface area (Å²) in [6.45, 7) is 11.3. The molecule has 1 rings (SSSR count). The van der Waals surface area contributed by atoms with E-state index in [1.807, 2.05) is 6.92 Å². The number of phenolic OH excluding ortho intramolecular Hbond substituents is 1. The molecule has 0 aromatic heterocycles. The molecule has 2 atom stereocenters. The highest BCUT2D eigenvalue weighted by molar-refractivity contribution is 5.93. The van der Waals surface area contributed by atoms with E-state index in [0.717, 1.165) is 19.3 Å². The number of aromatic hydroxyl groups is 1. The molecule has 0 bridgehead atoms. The van der Waals surface area contributed by atoms with Crippen molar-refractivity contribution in [2.75, 3.05) is 13.1 Å². The standard InChI is InChI=1S/C27H44N4O6/c1-7-9-10-16-29-24(34)22(19-13-11-12-18(3)23(19)33)31(17-8-2)25(35)20(14-15-21(28)32)30-26(36)37-27(4,5)6/h11-13,20,22,33H,7-10,14-17H2,1-6H3,(H2,28,32)(H,29,34)(H,30,36). The predicted octanol–water partition coefficient (Wildman–Crippen LogP) is 3.45. The zero-order valence-electron chi connectivity index (χ0n) is 23.1. The number of nitrogens with one attached hydrogen (secondary N) is 2. The fraction of sp³-hybridized carbons (Fsp3) is 0.630. The predicted molar refractivity (Wildman–Crippen MR) is 142 cm³/mol. The van der Waals surface area contributed by atoms with Crippen molar-refractivity contribution in [1.82, 2.24) is 15.5 Å². The molecule has 0 spiro atoms. The van der Waals surface area contributed by atoms with E-state index < -0.39 is 41.5 Å². The smallest absolute Gasteiger partial charge is 0.408 e. The SMILES string of the molecule is CCCCCNC(=O)C(c1cccc(C)c1O)N(CCC)C(=O)C(CCC(N)=O)NC(=O)OC(C)(C)C. The minimum Gasteiger partial charge on any atom is -0.507 e. The van der Waals surface area contributed by atoms with E-state index in [9.17, 15) is 24.3 Å². The molecule has 208 valence electrons. The quantitative estimate of drug-likeness (QED) is 0.276. The summed E-state index contributed by atoms with van der Waals surface area (Å²) in [6, 6.07) is 2.70. The first-order chi connectivity index (χ1) is 17.3. The lowest BCUT2D eigenvalue weighted by molar-refractivity contribution is -0.142. The van der Waals surface area contributed by atoms with Crippen LogP contribution in [0.5, 0.6) is 5.75 Å². The first kappa shape index (κ1) is 31.7. The van der Waals surface area contributed by atoms with E-state index in [0.29, 0.717) is 18.5 Å². The molecule has 10 heteroatoms. The van der Waals surface area contributed by atoms with Crippen molar-refractivity contribution in [3.8, 4) is 5.75 Å². The van der Waals surface area contributed by atoms with Gasteiger partial charge in [-0.15, -0.1) is 0 Å². The summed E-state index contributed by atoms with van der Waals surface area (Å²) in [5, 5.41) is 16.3. The average molecular weight is 521 g/mol. The fourth-order valence-corrected chi connectivity index (χ4v) is 3.84. The maximum absolute atomic E-state index is 13.9. The number of primary amides is 1. The van der Waals surface area contributed by atoms with Gasteiger partial charge in [0, 0.05) is 25.1 Å². The number of carbonyl (C=O) groups is 4. The molecular weight excluding hydrogens is 476 g/mol. The Morgan fingerprint density at radius 3 is 2.35 bits per heavy atom. The number of amides is 4. The summed E-state index contributed by atoms with van der Waals surface area (Å²) >= 11 is 0. The van der Waals surface area contributed by atoms with Crippen LogP contribution in [0.1, 0.15) is 90.3 Å². The van der Waals surface area contributed by atoms with Crippen molar-refractivity contribution in [2.45, 2.75) is 97.8 Å². The average Bonchev–Trinajstić information content (AvgIpc) is 2.80. The van der Waals surface area contributed by atoms with E-state index in [1.165, 1.54) is 4.90 Å². The van der Waals surface area contributed by atoms with E-state index in [1.54, 1.807) is 45.9 Å². The van der Waals surface area contributed by atoms with Crippen LogP contribution in [-0.2, 0) is 19.1 Å². The number of alkyl carbamates (subject to hydrolysis) is 1. The first-order valence-electron chi connectivity index (χ1n) is 13.0. The number of hydrogen-bond acceptors (Lipinski definition) is 6. The molecule has 1 aromatic carbocycles. The minimum atomic E-state index is -1.17. The van der Waals surface area contributed by atoms with Crippen molar-refractivity contribution >= 4 is 23.8 Å². The van der Waals surface area contributed by atoms with Gasteiger partial charge in [0.1, 0.15) is 23.4 Å². The molecule has 0 aliphatic rings. The Labute approximate surface area is 220 Å². The number of nitrogens with two attached hydrogens (primary N) is 1. The van der Waals surface area contributed by atoms with E-state index in [-0.39, 0.29) is 30.7 Å². The third-order valence-electron chi connectivity index (χ3n) is 5.62. The number of benzene rings is 1. The van der Waals surface area contributed by atoms with Crippen molar-refractivity contribution < 1.29 is 29.0 Å². The van der Waals surface area contributed by atoms with Crippen LogP contribution in [0.25, 0.3) is 0 Å². The second-order valence-corrected chi connectivity index (χ2v) is 10.1. The number of ether oxygens (including phenoxy) is 1. The maximum atomic E-state index is 13.9. The van der Waals surface area contributed by atoms with Crippen LogP contribution in [0.3, 0.4) is 0 Å². The van der Waals surface area contributed by atoms with Crippen LogP contribution in [0.4, 0.5) is 4.79 Å². The summed E-state index contributed by atoms with van der Waals surface area (Å²) in [5.41, 5.74) is 5.35. The van der Waals surface area contributed by atoms with E-state index in [4.69, 9.17) is 10.5 Å². The molecule has 0 aliphatic carbocycles. The zero-order valence-corrected chi connectivity index (χ0v) is 23.1. The first-order valence-corrected chi connectivity index (χ1v) is 13.0. The van der Waals surface area contributed by atoms with Gasteiger partial charge in [-0.3, -0.25) is 14.4 Å². The maximum Gasteiger partial charge on any atom is 0.408 e. The number of nitrogens with zero attached hydrogens (tertiary/aromatic N) is 1. The Bertz CT molecular complexity index is 928. The zero-order chi connectivity index (χ0) is 28.2. The van der Waals surface area contributed by atoms with Gasteiger partial charge in [-0.05, 0) is 52.5 Å². The monoisotopic (exact) mass is 520 g/mol.